The number of aliphatic hydroxyl groups excluding tert-OH is 1. The first-order chi connectivity index (χ1) is 14.1. The number of benzene rings is 2. The first kappa shape index (κ1) is 18.5. The van der Waals surface area contributed by atoms with Crippen molar-refractivity contribution in [3.05, 3.63) is 64.5 Å². The average molecular weight is 398 g/mol. The van der Waals surface area contributed by atoms with Gasteiger partial charge in [0.1, 0.15) is 17.8 Å². The fourth-order valence-corrected chi connectivity index (χ4v) is 4.55. The minimum absolute atomic E-state index is 0.130. The van der Waals surface area contributed by atoms with Crippen LogP contribution in [-0.4, -0.2) is 43.9 Å². The Morgan fingerprint density at radius 3 is 2.59 bits per heavy atom. The van der Waals surface area contributed by atoms with Crippen LogP contribution in [0.15, 0.2) is 36.4 Å². The molecule has 5 atom stereocenters. The van der Waals surface area contributed by atoms with Gasteiger partial charge in [-0.1, -0.05) is 12.1 Å². The van der Waals surface area contributed by atoms with Gasteiger partial charge in [0.05, 0.1) is 25.4 Å². The molecule has 2 fully saturated rings. The van der Waals surface area contributed by atoms with Crippen molar-refractivity contribution in [1.29, 1.82) is 0 Å². The summed E-state index contributed by atoms with van der Waals surface area (Å²) in [6.07, 6.45) is -0.895. The van der Waals surface area contributed by atoms with Crippen LogP contribution in [0.3, 0.4) is 0 Å². The quantitative estimate of drug-likeness (QED) is 0.671. The van der Waals surface area contributed by atoms with E-state index >= 15 is 0 Å². The number of rotatable bonds is 5. The SMILES string of the molecule is CNC(=O)c1cc(C(O)N[C@H]2[C@@H]3COC[C@@H]32)cc2c1OC[C@H]2c1ccc(F)cc1. The van der Waals surface area contributed by atoms with Crippen LogP contribution in [0.1, 0.15) is 39.2 Å². The van der Waals surface area contributed by atoms with Gasteiger partial charge >= 0.3 is 0 Å². The number of amides is 1. The van der Waals surface area contributed by atoms with Gasteiger partial charge in [-0.15, -0.1) is 0 Å². The van der Waals surface area contributed by atoms with E-state index in [9.17, 15) is 14.3 Å². The lowest BCUT2D eigenvalue weighted by molar-refractivity contribution is 0.0958. The summed E-state index contributed by atoms with van der Waals surface area (Å²) >= 11 is 0. The van der Waals surface area contributed by atoms with E-state index in [0.717, 1.165) is 24.3 Å². The maximum absolute atomic E-state index is 13.3. The number of carbonyl (C=O) groups excluding carboxylic acids is 1. The van der Waals surface area contributed by atoms with Crippen LogP contribution in [0, 0.1) is 17.7 Å². The number of hydrogen-bond acceptors (Lipinski definition) is 5. The Morgan fingerprint density at radius 1 is 1.17 bits per heavy atom. The van der Waals surface area contributed by atoms with E-state index in [4.69, 9.17) is 9.47 Å². The number of halogens is 1. The second kappa shape index (κ2) is 7.09. The Bertz CT molecular complexity index is 939. The topological polar surface area (TPSA) is 79.8 Å². The molecule has 1 aliphatic carbocycles. The van der Waals surface area contributed by atoms with Crippen molar-refractivity contribution < 1.29 is 23.8 Å². The molecule has 3 N–H and O–H groups in total. The van der Waals surface area contributed by atoms with Crippen LogP contribution in [0.25, 0.3) is 0 Å². The number of ether oxygens (including phenoxy) is 2. The third-order valence-corrected chi connectivity index (χ3v) is 6.27. The summed E-state index contributed by atoms with van der Waals surface area (Å²) in [5.74, 6) is 0.722. The largest absolute Gasteiger partial charge is 0.491 e. The lowest BCUT2D eigenvalue weighted by atomic mass is 9.90. The fourth-order valence-electron chi connectivity index (χ4n) is 4.55. The summed E-state index contributed by atoms with van der Waals surface area (Å²) in [4.78, 5) is 12.5. The lowest BCUT2D eigenvalue weighted by Crippen LogP contribution is -2.28. The highest BCUT2D eigenvalue weighted by Gasteiger charge is 2.54. The van der Waals surface area contributed by atoms with E-state index in [1.807, 2.05) is 6.07 Å². The highest BCUT2D eigenvalue weighted by atomic mass is 19.1. The number of fused-ring (bicyclic) bond motifs is 2. The van der Waals surface area contributed by atoms with Crippen LogP contribution >= 0.6 is 0 Å². The molecule has 2 aromatic carbocycles. The van der Waals surface area contributed by atoms with Crippen molar-refractivity contribution in [2.24, 2.45) is 11.8 Å². The molecule has 2 heterocycles. The number of aliphatic hydroxyl groups is 1. The summed E-state index contributed by atoms with van der Waals surface area (Å²) in [7, 11) is 1.56. The molecule has 0 spiro atoms. The fraction of sp³-hybridized carbons (Fsp3) is 0.409. The Kier molecular flexibility index (Phi) is 4.53. The van der Waals surface area contributed by atoms with Crippen molar-refractivity contribution in [3.8, 4) is 5.75 Å². The summed E-state index contributed by atoms with van der Waals surface area (Å²) in [5, 5.41) is 16.7. The average Bonchev–Trinajstić information content (AvgIpc) is 3.09. The predicted octanol–water partition coefficient (Wildman–Crippen LogP) is 1.93. The Labute approximate surface area is 168 Å². The summed E-state index contributed by atoms with van der Waals surface area (Å²) in [6, 6.07) is 10.1. The zero-order valence-corrected chi connectivity index (χ0v) is 16.0. The van der Waals surface area contributed by atoms with E-state index in [1.54, 1.807) is 25.2 Å². The summed E-state index contributed by atoms with van der Waals surface area (Å²) < 4.78 is 24.6. The van der Waals surface area contributed by atoms with Gasteiger partial charge in [-0.3, -0.25) is 10.1 Å². The molecule has 2 aliphatic heterocycles. The molecule has 1 amide bonds. The predicted molar refractivity (Wildman–Crippen MR) is 103 cm³/mol. The molecular weight excluding hydrogens is 375 g/mol. The molecule has 6 nitrogen and oxygen atoms in total. The zero-order valence-electron chi connectivity index (χ0n) is 16.0. The molecule has 29 heavy (non-hydrogen) atoms. The minimum atomic E-state index is -0.895. The maximum Gasteiger partial charge on any atom is 0.254 e. The highest BCUT2D eigenvalue weighted by molar-refractivity contribution is 5.97. The molecule has 2 aromatic rings. The van der Waals surface area contributed by atoms with Crippen molar-refractivity contribution in [2.45, 2.75) is 18.2 Å². The van der Waals surface area contributed by atoms with E-state index < -0.39 is 6.23 Å². The van der Waals surface area contributed by atoms with Gasteiger partial charge < -0.3 is 19.9 Å². The van der Waals surface area contributed by atoms with E-state index in [2.05, 4.69) is 10.6 Å². The molecule has 1 unspecified atom stereocenters. The van der Waals surface area contributed by atoms with Crippen LogP contribution < -0.4 is 15.4 Å². The smallest absolute Gasteiger partial charge is 0.254 e. The number of hydrogen-bond donors (Lipinski definition) is 3. The van der Waals surface area contributed by atoms with Crippen molar-refractivity contribution in [1.82, 2.24) is 10.6 Å². The van der Waals surface area contributed by atoms with Gasteiger partial charge in [0.15, 0.2) is 0 Å². The second-order valence-electron chi connectivity index (χ2n) is 7.94. The Balaban J connectivity index is 1.48. The molecule has 0 radical (unpaired) electrons. The highest BCUT2D eigenvalue weighted by Crippen LogP contribution is 2.46. The van der Waals surface area contributed by atoms with Gasteiger partial charge in [-0.2, -0.15) is 0 Å². The van der Waals surface area contributed by atoms with Crippen LogP contribution in [0.4, 0.5) is 4.39 Å². The molecule has 0 aromatic heterocycles. The standard InChI is InChI=1S/C22H23FN2O4/c1-24-22(27)15-7-12(21(26)25-19-17-8-28-9-18(17)19)6-14-16(10-29-20(14)15)11-2-4-13(23)5-3-11/h2-7,16-19,21,25-26H,8-10H2,1H3,(H,24,27)/t16-,17-,18+,19+,21?/m0/s1. The first-order valence-corrected chi connectivity index (χ1v) is 9.87. The van der Waals surface area contributed by atoms with Gasteiger partial charge in [-0.05, 0) is 35.4 Å². The third-order valence-electron chi connectivity index (χ3n) is 6.27. The molecule has 1 saturated carbocycles. The third kappa shape index (κ3) is 3.19. The Morgan fingerprint density at radius 2 is 1.90 bits per heavy atom. The molecular formula is C22H23FN2O4. The summed E-state index contributed by atoms with van der Waals surface area (Å²) in [6.45, 7) is 1.81. The molecule has 1 saturated heterocycles. The van der Waals surface area contributed by atoms with Gasteiger partial charge in [0.25, 0.3) is 5.91 Å². The van der Waals surface area contributed by atoms with Crippen molar-refractivity contribution >= 4 is 5.91 Å². The number of carbonyl (C=O) groups is 1. The normalized spacial score (nSPS) is 27.7. The molecule has 152 valence electrons. The van der Waals surface area contributed by atoms with E-state index in [0.29, 0.717) is 35.3 Å². The molecule has 3 aliphatic rings. The summed E-state index contributed by atoms with van der Waals surface area (Å²) in [5.41, 5.74) is 2.74. The van der Waals surface area contributed by atoms with Crippen molar-refractivity contribution in [3.63, 3.8) is 0 Å². The maximum atomic E-state index is 13.3. The van der Waals surface area contributed by atoms with Gasteiger partial charge in [0, 0.05) is 36.4 Å². The second-order valence-corrected chi connectivity index (χ2v) is 7.94. The monoisotopic (exact) mass is 398 g/mol. The van der Waals surface area contributed by atoms with Gasteiger partial charge in [-0.25, -0.2) is 4.39 Å². The zero-order chi connectivity index (χ0) is 20.1. The van der Waals surface area contributed by atoms with Crippen LogP contribution in [0.5, 0.6) is 5.75 Å². The lowest BCUT2D eigenvalue weighted by Gasteiger charge is -2.18. The van der Waals surface area contributed by atoms with Gasteiger partial charge in [0.2, 0.25) is 0 Å². The van der Waals surface area contributed by atoms with Crippen LogP contribution in [-0.2, 0) is 4.74 Å². The van der Waals surface area contributed by atoms with E-state index in [1.165, 1.54) is 12.1 Å². The molecule has 7 heteroatoms. The van der Waals surface area contributed by atoms with Crippen molar-refractivity contribution in [2.75, 3.05) is 26.9 Å². The minimum Gasteiger partial charge on any atom is -0.491 e. The Hall–Kier alpha value is -2.48. The molecule has 5 rings (SSSR count). The molecule has 0 bridgehead atoms. The van der Waals surface area contributed by atoms with E-state index in [-0.39, 0.29) is 23.7 Å². The van der Waals surface area contributed by atoms with Crippen LogP contribution in [0.2, 0.25) is 0 Å². The number of nitrogens with one attached hydrogen (secondary N) is 2. The first-order valence-electron chi connectivity index (χ1n) is 9.87.